The highest BCUT2D eigenvalue weighted by atomic mass is 32.2. The zero-order valence-electron chi connectivity index (χ0n) is 16.8. The predicted octanol–water partition coefficient (Wildman–Crippen LogP) is 3.83. The summed E-state index contributed by atoms with van der Waals surface area (Å²) in [5.74, 6) is -0.937. The third-order valence-electron chi connectivity index (χ3n) is 4.68. The highest BCUT2D eigenvalue weighted by Gasteiger charge is 2.36. The van der Waals surface area contributed by atoms with Gasteiger partial charge < -0.3 is 19.8 Å². The van der Waals surface area contributed by atoms with Gasteiger partial charge >= 0.3 is 5.97 Å². The van der Waals surface area contributed by atoms with E-state index in [0.29, 0.717) is 33.3 Å². The van der Waals surface area contributed by atoms with Crippen LogP contribution in [0.3, 0.4) is 0 Å². The summed E-state index contributed by atoms with van der Waals surface area (Å²) in [5, 5.41) is 16.4. The quantitative estimate of drug-likeness (QED) is 0.681. The molecule has 0 radical (unpaired) electrons. The molecule has 2 N–H and O–H groups in total. The summed E-state index contributed by atoms with van der Waals surface area (Å²) in [5.41, 5.74) is 2.88. The van der Waals surface area contributed by atoms with Gasteiger partial charge in [-0.1, -0.05) is 30.0 Å². The summed E-state index contributed by atoms with van der Waals surface area (Å²) in [6, 6.07) is 13.1. The fourth-order valence-electron chi connectivity index (χ4n) is 3.16. The number of nitrogens with one attached hydrogen (secondary N) is 2. The summed E-state index contributed by atoms with van der Waals surface area (Å²) in [6.45, 7) is 3.66. The molecule has 1 aromatic heterocycles. The number of benzene rings is 1. The molecule has 0 saturated carbocycles. The molecule has 1 atom stereocenters. The van der Waals surface area contributed by atoms with Crippen LogP contribution in [0.15, 0.2) is 69.0 Å². The second-order valence-corrected chi connectivity index (χ2v) is 7.59. The van der Waals surface area contributed by atoms with Gasteiger partial charge in [0.15, 0.2) is 0 Å². The van der Waals surface area contributed by atoms with Gasteiger partial charge in [-0.05, 0) is 37.6 Å². The predicted molar refractivity (Wildman–Crippen MR) is 114 cm³/mol. The molecule has 30 heavy (non-hydrogen) atoms. The first-order valence-electron chi connectivity index (χ1n) is 9.18. The first kappa shape index (κ1) is 21.3. The van der Waals surface area contributed by atoms with Crippen LogP contribution in [-0.2, 0) is 14.3 Å². The van der Waals surface area contributed by atoms with Gasteiger partial charge in [-0.25, -0.2) is 0 Å². The number of carbonyl (C=O) groups excluding carboxylic acids is 2. The molecule has 1 aliphatic rings. The molecule has 0 fully saturated rings. The van der Waals surface area contributed by atoms with E-state index in [4.69, 9.17) is 4.42 Å². The van der Waals surface area contributed by atoms with Gasteiger partial charge in [0, 0.05) is 11.4 Å². The number of aryl methyl sites for hydroxylation is 1. The number of carbonyl (C=O) groups is 2. The third kappa shape index (κ3) is 4.42. The van der Waals surface area contributed by atoms with Crippen molar-refractivity contribution >= 4 is 29.3 Å². The van der Waals surface area contributed by atoms with Crippen LogP contribution in [0.4, 0.5) is 5.69 Å². The molecule has 1 aromatic carbocycles. The Labute approximate surface area is 178 Å². The van der Waals surface area contributed by atoms with Crippen molar-refractivity contribution < 1.29 is 18.7 Å². The summed E-state index contributed by atoms with van der Waals surface area (Å²) in [7, 11) is 1.31. The lowest BCUT2D eigenvalue weighted by molar-refractivity contribution is -0.137. The number of dihydropyridines is 1. The van der Waals surface area contributed by atoms with Crippen molar-refractivity contribution in [3.8, 4) is 6.07 Å². The first-order valence-corrected chi connectivity index (χ1v) is 10.2. The molecule has 1 aliphatic heterocycles. The molecule has 3 rings (SSSR count). The van der Waals surface area contributed by atoms with Crippen LogP contribution >= 0.6 is 11.8 Å². The number of hydrogen-bond acceptors (Lipinski definition) is 7. The van der Waals surface area contributed by atoms with Crippen LogP contribution in [0.1, 0.15) is 24.2 Å². The number of ether oxygens (including phenoxy) is 1. The van der Waals surface area contributed by atoms with Gasteiger partial charge in [0.2, 0.25) is 0 Å². The minimum absolute atomic E-state index is 0.0346. The van der Waals surface area contributed by atoms with E-state index in [1.165, 1.54) is 13.4 Å². The van der Waals surface area contributed by atoms with Crippen LogP contribution in [0, 0.1) is 18.3 Å². The molecule has 0 spiro atoms. The Balaban J connectivity index is 2.00. The molecule has 0 bridgehead atoms. The van der Waals surface area contributed by atoms with Crippen LogP contribution in [0.5, 0.6) is 0 Å². The number of allylic oxidation sites excluding steroid dienone is 2. The normalized spacial score (nSPS) is 16.0. The fraction of sp³-hybridized carbons (Fsp3) is 0.227. The van der Waals surface area contributed by atoms with Crippen LogP contribution in [-0.4, -0.2) is 24.7 Å². The van der Waals surface area contributed by atoms with Crippen LogP contribution in [0.25, 0.3) is 0 Å². The van der Waals surface area contributed by atoms with Crippen LogP contribution < -0.4 is 10.6 Å². The average Bonchev–Trinajstić information content (AvgIpc) is 3.27. The summed E-state index contributed by atoms with van der Waals surface area (Å²) >= 11 is 1.15. The van der Waals surface area contributed by atoms with Crippen molar-refractivity contribution in [2.45, 2.75) is 19.8 Å². The van der Waals surface area contributed by atoms with Crippen molar-refractivity contribution in [2.24, 2.45) is 0 Å². The number of thioether (sulfide) groups is 1. The maximum Gasteiger partial charge on any atom is 0.316 e. The zero-order chi connectivity index (χ0) is 21.7. The van der Waals surface area contributed by atoms with Gasteiger partial charge in [0.1, 0.15) is 5.76 Å². The van der Waals surface area contributed by atoms with Crippen molar-refractivity contribution in [1.29, 1.82) is 5.26 Å². The Bertz CT molecular complexity index is 1060. The molecule has 154 valence electrons. The molecular weight excluding hydrogens is 402 g/mol. The topological polar surface area (TPSA) is 104 Å². The Morgan fingerprint density at radius 3 is 2.67 bits per heavy atom. The van der Waals surface area contributed by atoms with Gasteiger partial charge in [-0.2, -0.15) is 5.26 Å². The average molecular weight is 423 g/mol. The second-order valence-electron chi connectivity index (χ2n) is 6.60. The number of esters is 1. The number of methoxy groups -OCH3 is 1. The summed E-state index contributed by atoms with van der Waals surface area (Å²) < 4.78 is 10.3. The summed E-state index contributed by atoms with van der Waals surface area (Å²) in [6.07, 6.45) is 1.50. The SMILES string of the molecule is COC(=O)CSC1=C(C#N)[C@H](c2ccco2)C(C(=O)Nc2ccccc2C)=C(C)N1. The van der Waals surface area contributed by atoms with E-state index >= 15 is 0 Å². The van der Waals surface area contributed by atoms with Crippen molar-refractivity contribution in [2.75, 3.05) is 18.2 Å². The number of para-hydroxylation sites is 1. The number of rotatable bonds is 6. The monoisotopic (exact) mass is 423 g/mol. The van der Waals surface area contributed by atoms with E-state index in [0.717, 1.165) is 17.3 Å². The van der Waals surface area contributed by atoms with Crippen molar-refractivity contribution in [3.63, 3.8) is 0 Å². The van der Waals surface area contributed by atoms with E-state index in [1.54, 1.807) is 19.1 Å². The third-order valence-corrected chi connectivity index (χ3v) is 5.67. The Morgan fingerprint density at radius 2 is 2.03 bits per heavy atom. The first-order chi connectivity index (χ1) is 14.5. The lowest BCUT2D eigenvalue weighted by Gasteiger charge is -2.28. The molecule has 0 saturated heterocycles. The van der Waals surface area contributed by atoms with Gasteiger partial charge in [0.05, 0.1) is 47.3 Å². The molecule has 7 nitrogen and oxygen atoms in total. The maximum absolute atomic E-state index is 13.3. The van der Waals surface area contributed by atoms with E-state index in [9.17, 15) is 14.9 Å². The molecule has 8 heteroatoms. The van der Waals surface area contributed by atoms with E-state index < -0.39 is 11.9 Å². The zero-order valence-corrected chi connectivity index (χ0v) is 17.6. The fourth-order valence-corrected chi connectivity index (χ4v) is 4.08. The minimum atomic E-state index is -0.699. The molecule has 0 aliphatic carbocycles. The minimum Gasteiger partial charge on any atom is -0.468 e. The second kappa shape index (κ2) is 9.37. The molecule has 1 amide bonds. The van der Waals surface area contributed by atoms with Gasteiger partial charge in [-0.15, -0.1) is 0 Å². The lowest BCUT2D eigenvalue weighted by Crippen LogP contribution is -2.31. The number of anilines is 1. The molecule has 0 unspecified atom stereocenters. The Morgan fingerprint density at radius 1 is 1.27 bits per heavy atom. The smallest absolute Gasteiger partial charge is 0.316 e. The number of furan rings is 1. The van der Waals surface area contributed by atoms with Crippen molar-refractivity contribution in [1.82, 2.24) is 5.32 Å². The van der Waals surface area contributed by atoms with Gasteiger partial charge in [0.25, 0.3) is 5.91 Å². The van der Waals surface area contributed by atoms with E-state index in [-0.39, 0.29) is 11.7 Å². The highest BCUT2D eigenvalue weighted by Crippen LogP contribution is 2.41. The summed E-state index contributed by atoms with van der Waals surface area (Å²) in [4.78, 5) is 24.8. The lowest BCUT2D eigenvalue weighted by atomic mass is 9.85. The largest absolute Gasteiger partial charge is 0.468 e. The molecule has 2 aromatic rings. The van der Waals surface area contributed by atoms with E-state index in [1.807, 2.05) is 31.2 Å². The Kier molecular flexibility index (Phi) is 6.65. The van der Waals surface area contributed by atoms with Gasteiger partial charge in [-0.3, -0.25) is 9.59 Å². The number of hydrogen-bond donors (Lipinski definition) is 2. The number of nitriles is 1. The standard InChI is InChI=1S/C22H21N3O4S/c1-13-7-4-5-8-16(13)25-21(27)19-14(2)24-22(30-12-18(26)28-3)15(11-23)20(19)17-9-6-10-29-17/h4-10,20,24H,12H2,1-3H3,(H,25,27)/t20-/m1/s1. The van der Waals surface area contributed by atoms with E-state index in [2.05, 4.69) is 21.4 Å². The number of nitrogens with zero attached hydrogens (tertiary/aromatic N) is 1. The highest BCUT2D eigenvalue weighted by molar-refractivity contribution is 8.03. The molecule has 2 heterocycles. The number of amides is 1. The van der Waals surface area contributed by atoms with Crippen molar-refractivity contribution in [3.05, 3.63) is 75.9 Å². The molecular formula is C22H21N3O4S. The van der Waals surface area contributed by atoms with Crippen LogP contribution in [0.2, 0.25) is 0 Å². The Hall–Kier alpha value is -3.44. The maximum atomic E-state index is 13.3.